The van der Waals surface area contributed by atoms with E-state index in [1.165, 1.54) is 51.4 Å². The van der Waals surface area contributed by atoms with E-state index in [-0.39, 0.29) is 6.10 Å². The largest absolute Gasteiger partial charge is 0.391 e. The smallest absolute Gasteiger partial charge is 0.0718 e. The van der Waals surface area contributed by atoms with E-state index >= 15 is 0 Å². The number of rotatable bonds is 12. The maximum Gasteiger partial charge on any atom is 0.0718 e. The molecule has 0 saturated carbocycles. The Bertz CT molecular complexity index is 183. The molecule has 0 aromatic rings. The Hall–Kier alpha value is 0.660. The van der Waals surface area contributed by atoms with E-state index in [1.54, 1.807) is 0 Å². The topological polar surface area (TPSA) is 20.2 Å². The van der Waals surface area contributed by atoms with E-state index < -0.39 is 0 Å². The molecular formula is C15H32OS2. The summed E-state index contributed by atoms with van der Waals surface area (Å²) in [6.45, 7) is 6.85. The molecule has 0 radical (unpaired) electrons. The molecule has 1 atom stereocenters. The van der Waals surface area contributed by atoms with Crippen LogP contribution in [-0.4, -0.2) is 27.5 Å². The Kier molecular flexibility index (Phi) is 11.9. The van der Waals surface area contributed by atoms with Gasteiger partial charge >= 0.3 is 0 Å². The van der Waals surface area contributed by atoms with E-state index in [4.69, 9.17) is 0 Å². The molecular weight excluding hydrogens is 260 g/mol. The molecule has 110 valence electrons. The van der Waals surface area contributed by atoms with Crippen LogP contribution in [0.25, 0.3) is 0 Å². The van der Waals surface area contributed by atoms with Crippen molar-refractivity contribution in [2.24, 2.45) is 0 Å². The molecule has 1 unspecified atom stereocenters. The monoisotopic (exact) mass is 292 g/mol. The number of thiol groups is 1. The molecule has 0 spiro atoms. The minimum atomic E-state index is -0.258. The van der Waals surface area contributed by atoms with Gasteiger partial charge in [-0.15, -0.1) is 0 Å². The average molecular weight is 293 g/mol. The molecule has 0 aliphatic heterocycles. The van der Waals surface area contributed by atoms with E-state index in [0.717, 1.165) is 5.75 Å². The third-order valence-corrected chi connectivity index (χ3v) is 5.22. The average Bonchev–Trinajstić information content (AvgIpc) is 2.35. The van der Waals surface area contributed by atoms with Crippen LogP contribution < -0.4 is 0 Å². The van der Waals surface area contributed by atoms with Gasteiger partial charge in [0, 0.05) is 16.3 Å². The van der Waals surface area contributed by atoms with E-state index in [2.05, 4.69) is 33.4 Å². The highest BCUT2D eigenvalue weighted by atomic mass is 32.2. The zero-order valence-electron chi connectivity index (χ0n) is 12.5. The summed E-state index contributed by atoms with van der Waals surface area (Å²) < 4.78 is 0.299. The SMILES string of the molecule is CCCCCCCCCC(C)(C)SCC(O)CS. The molecule has 1 N–H and O–H groups in total. The first-order valence-electron chi connectivity index (χ1n) is 7.44. The molecule has 0 amide bonds. The lowest BCUT2D eigenvalue weighted by Gasteiger charge is -2.25. The van der Waals surface area contributed by atoms with E-state index in [0.29, 0.717) is 10.5 Å². The standard InChI is InChI=1S/C15H32OS2/c1-4-5-6-7-8-9-10-11-15(2,3)18-13-14(16)12-17/h14,16-17H,4-13H2,1-3H3. The molecule has 1 nitrogen and oxygen atoms in total. The highest BCUT2D eigenvalue weighted by molar-refractivity contribution is 8.00. The first-order chi connectivity index (χ1) is 8.52. The van der Waals surface area contributed by atoms with Crippen molar-refractivity contribution in [3.8, 4) is 0 Å². The van der Waals surface area contributed by atoms with Gasteiger partial charge in [-0.25, -0.2) is 0 Å². The molecule has 0 saturated heterocycles. The normalized spacial score (nSPS) is 13.8. The van der Waals surface area contributed by atoms with Crippen molar-refractivity contribution in [3.05, 3.63) is 0 Å². The number of thioether (sulfide) groups is 1. The maximum atomic E-state index is 9.52. The molecule has 18 heavy (non-hydrogen) atoms. The molecule has 0 aromatic carbocycles. The molecule has 0 rings (SSSR count). The summed E-state index contributed by atoms with van der Waals surface area (Å²) in [5.74, 6) is 1.38. The molecule has 0 aliphatic carbocycles. The summed E-state index contributed by atoms with van der Waals surface area (Å²) in [5.41, 5.74) is 0. The Morgan fingerprint density at radius 2 is 1.61 bits per heavy atom. The van der Waals surface area contributed by atoms with Crippen LogP contribution in [-0.2, 0) is 0 Å². The third-order valence-electron chi connectivity index (χ3n) is 3.26. The van der Waals surface area contributed by atoms with Gasteiger partial charge in [-0.05, 0) is 6.42 Å². The molecule has 0 fully saturated rings. The Morgan fingerprint density at radius 3 is 2.17 bits per heavy atom. The van der Waals surface area contributed by atoms with Crippen molar-refractivity contribution in [2.75, 3.05) is 11.5 Å². The van der Waals surface area contributed by atoms with Crippen LogP contribution in [0.2, 0.25) is 0 Å². The fourth-order valence-corrected chi connectivity index (χ4v) is 3.31. The fraction of sp³-hybridized carbons (Fsp3) is 1.00. The quantitative estimate of drug-likeness (QED) is 0.393. The minimum absolute atomic E-state index is 0.258. The van der Waals surface area contributed by atoms with Gasteiger partial charge in [-0.2, -0.15) is 24.4 Å². The first-order valence-corrected chi connectivity index (χ1v) is 9.06. The number of hydrogen-bond acceptors (Lipinski definition) is 3. The second-order valence-corrected chi connectivity index (χ2v) is 7.87. The predicted molar refractivity (Wildman–Crippen MR) is 89.0 cm³/mol. The van der Waals surface area contributed by atoms with Crippen LogP contribution in [0.4, 0.5) is 0 Å². The number of hydrogen-bond donors (Lipinski definition) is 2. The Balaban J connectivity index is 3.46. The summed E-state index contributed by atoms with van der Waals surface area (Å²) >= 11 is 5.99. The van der Waals surface area contributed by atoms with Gasteiger partial charge in [0.1, 0.15) is 0 Å². The zero-order chi connectivity index (χ0) is 13.9. The molecule has 0 bridgehead atoms. The minimum Gasteiger partial charge on any atom is -0.391 e. The number of aliphatic hydroxyl groups is 1. The van der Waals surface area contributed by atoms with Crippen LogP contribution in [0.1, 0.15) is 72.1 Å². The zero-order valence-corrected chi connectivity index (χ0v) is 14.2. The predicted octanol–water partition coefficient (Wildman–Crippen LogP) is 4.93. The lowest BCUT2D eigenvalue weighted by molar-refractivity contribution is 0.225. The number of aliphatic hydroxyl groups excluding tert-OH is 1. The van der Waals surface area contributed by atoms with Crippen LogP contribution in [0.3, 0.4) is 0 Å². The number of unbranched alkanes of at least 4 members (excludes halogenated alkanes) is 6. The third kappa shape index (κ3) is 11.7. The second kappa shape index (κ2) is 11.5. The van der Waals surface area contributed by atoms with Crippen molar-refractivity contribution in [3.63, 3.8) is 0 Å². The summed E-state index contributed by atoms with van der Waals surface area (Å²) in [5, 5.41) is 9.52. The van der Waals surface area contributed by atoms with Crippen molar-refractivity contribution in [2.45, 2.75) is 83.0 Å². The molecule has 0 aliphatic rings. The van der Waals surface area contributed by atoms with Crippen LogP contribution in [0.15, 0.2) is 0 Å². The van der Waals surface area contributed by atoms with Gasteiger partial charge in [-0.3, -0.25) is 0 Å². The lowest BCUT2D eigenvalue weighted by Crippen LogP contribution is -2.20. The van der Waals surface area contributed by atoms with Gasteiger partial charge < -0.3 is 5.11 Å². The highest BCUT2D eigenvalue weighted by Gasteiger charge is 2.19. The van der Waals surface area contributed by atoms with Gasteiger partial charge in [0.2, 0.25) is 0 Å². The van der Waals surface area contributed by atoms with Crippen LogP contribution in [0.5, 0.6) is 0 Å². The summed E-state index contributed by atoms with van der Waals surface area (Å²) in [6, 6.07) is 0. The summed E-state index contributed by atoms with van der Waals surface area (Å²) in [4.78, 5) is 0. The Morgan fingerprint density at radius 1 is 1.06 bits per heavy atom. The second-order valence-electron chi connectivity index (χ2n) is 5.78. The van der Waals surface area contributed by atoms with Gasteiger partial charge in [0.15, 0.2) is 0 Å². The van der Waals surface area contributed by atoms with Gasteiger partial charge in [0.05, 0.1) is 6.10 Å². The maximum absolute atomic E-state index is 9.52. The van der Waals surface area contributed by atoms with Crippen LogP contribution >= 0.6 is 24.4 Å². The van der Waals surface area contributed by atoms with Crippen molar-refractivity contribution >= 4 is 24.4 Å². The van der Waals surface area contributed by atoms with E-state index in [1.807, 2.05) is 11.8 Å². The van der Waals surface area contributed by atoms with E-state index in [9.17, 15) is 5.11 Å². The highest BCUT2D eigenvalue weighted by Crippen LogP contribution is 2.30. The van der Waals surface area contributed by atoms with Gasteiger partial charge in [-0.1, -0.05) is 65.7 Å². The van der Waals surface area contributed by atoms with Gasteiger partial charge in [0.25, 0.3) is 0 Å². The van der Waals surface area contributed by atoms with Crippen molar-refractivity contribution < 1.29 is 5.11 Å². The molecule has 0 heterocycles. The summed E-state index contributed by atoms with van der Waals surface area (Å²) in [6.07, 6.45) is 10.6. The van der Waals surface area contributed by atoms with Crippen molar-refractivity contribution in [1.82, 2.24) is 0 Å². The molecule has 3 heteroatoms. The molecule has 0 aromatic heterocycles. The van der Waals surface area contributed by atoms with Crippen LogP contribution in [0, 0.1) is 0 Å². The van der Waals surface area contributed by atoms with Crippen molar-refractivity contribution in [1.29, 1.82) is 0 Å². The fourth-order valence-electron chi connectivity index (χ4n) is 1.95. The lowest BCUT2D eigenvalue weighted by atomic mass is 10.0. The first kappa shape index (κ1) is 18.7. The Labute approximate surface area is 124 Å². The summed E-state index contributed by atoms with van der Waals surface area (Å²) in [7, 11) is 0.